The number of anilines is 1. The van der Waals surface area contributed by atoms with Gasteiger partial charge in [-0.25, -0.2) is 4.68 Å². The molecular weight excluding hydrogens is 164 g/mol. The SMILES string of the molecule is CCCNc1ccn(C(F)F)n1. The van der Waals surface area contributed by atoms with Crippen molar-refractivity contribution in [2.45, 2.75) is 19.9 Å². The van der Waals surface area contributed by atoms with Crippen LogP contribution in [0.5, 0.6) is 0 Å². The van der Waals surface area contributed by atoms with Gasteiger partial charge >= 0.3 is 6.55 Å². The molecule has 1 rings (SSSR count). The summed E-state index contributed by atoms with van der Waals surface area (Å²) in [7, 11) is 0. The molecule has 0 fully saturated rings. The van der Waals surface area contributed by atoms with E-state index in [2.05, 4.69) is 10.4 Å². The highest BCUT2D eigenvalue weighted by Gasteiger charge is 2.05. The lowest BCUT2D eigenvalue weighted by Gasteiger charge is -1.99. The van der Waals surface area contributed by atoms with Crippen molar-refractivity contribution in [1.82, 2.24) is 9.78 Å². The lowest BCUT2D eigenvalue weighted by Crippen LogP contribution is -2.03. The molecule has 5 heteroatoms. The Bertz CT molecular complexity index is 234. The first-order valence-corrected chi connectivity index (χ1v) is 3.81. The molecule has 1 heterocycles. The molecule has 0 atom stereocenters. The maximum Gasteiger partial charge on any atom is 0.333 e. The zero-order valence-corrected chi connectivity index (χ0v) is 6.80. The van der Waals surface area contributed by atoms with Crippen LogP contribution in [0.1, 0.15) is 19.9 Å². The summed E-state index contributed by atoms with van der Waals surface area (Å²) in [5.74, 6) is 0.497. The van der Waals surface area contributed by atoms with Gasteiger partial charge in [0.25, 0.3) is 0 Å². The molecule has 0 aliphatic heterocycles. The molecule has 0 unspecified atom stereocenters. The van der Waals surface area contributed by atoms with E-state index < -0.39 is 6.55 Å². The zero-order chi connectivity index (χ0) is 8.97. The van der Waals surface area contributed by atoms with E-state index in [1.54, 1.807) is 0 Å². The van der Waals surface area contributed by atoms with Crippen LogP contribution in [0.3, 0.4) is 0 Å². The monoisotopic (exact) mass is 175 g/mol. The van der Waals surface area contributed by atoms with Gasteiger partial charge in [0, 0.05) is 18.8 Å². The molecule has 0 saturated carbocycles. The van der Waals surface area contributed by atoms with Crippen molar-refractivity contribution >= 4 is 5.82 Å². The van der Waals surface area contributed by atoms with Gasteiger partial charge in [-0.05, 0) is 6.42 Å². The van der Waals surface area contributed by atoms with Crippen LogP contribution in [0.2, 0.25) is 0 Å². The first-order chi connectivity index (χ1) is 5.74. The molecule has 3 nitrogen and oxygen atoms in total. The summed E-state index contributed by atoms with van der Waals surface area (Å²) in [6, 6.07) is 1.53. The Morgan fingerprint density at radius 1 is 1.67 bits per heavy atom. The number of nitrogens with one attached hydrogen (secondary N) is 1. The normalized spacial score (nSPS) is 10.7. The second kappa shape index (κ2) is 4.04. The van der Waals surface area contributed by atoms with Gasteiger partial charge in [0.2, 0.25) is 0 Å². The Labute approximate surface area is 69.4 Å². The number of alkyl halides is 2. The fraction of sp³-hybridized carbons (Fsp3) is 0.571. The second-order valence-electron chi connectivity index (χ2n) is 2.39. The average Bonchev–Trinajstić information content (AvgIpc) is 2.48. The lowest BCUT2D eigenvalue weighted by atomic mass is 10.5. The fourth-order valence-corrected chi connectivity index (χ4v) is 0.794. The minimum atomic E-state index is -2.55. The lowest BCUT2D eigenvalue weighted by molar-refractivity contribution is 0.0569. The van der Waals surface area contributed by atoms with Crippen LogP contribution in [0, 0.1) is 0 Å². The Hall–Kier alpha value is -1.13. The molecule has 68 valence electrons. The van der Waals surface area contributed by atoms with E-state index in [4.69, 9.17) is 0 Å². The summed E-state index contributed by atoms with van der Waals surface area (Å²) in [6.45, 7) is 0.194. The van der Waals surface area contributed by atoms with E-state index in [-0.39, 0.29) is 0 Å². The maximum atomic E-state index is 12.0. The molecule has 1 N–H and O–H groups in total. The quantitative estimate of drug-likeness (QED) is 0.759. The number of halogens is 2. The highest BCUT2D eigenvalue weighted by atomic mass is 19.3. The van der Waals surface area contributed by atoms with Crippen LogP contribution >= 0.6 is 0 Å². The third-order valence-corrected chi connectivity index (χ3v) is 1.36. The Balaban J connectivity index is 2.52. The highest BCUT2D eigenvalue weighted by molar-refractivity contribution is 5.31. The topological polar surface area (TPSA) is 29.9 Å². The van der Waals surface area contributed by atoms with E-state index in [0.717, 1.165) is 13.0 Å². The zero-order valence-electron chi connectivity index (χ0n) is 6.80. The predicted molar refractivity (Wildman–Crippen MR) is 42.3 cm³/mol. The standard InChI is InChI=1S/C7H11F2N3/c1-2-4-10-6-3-5-12(11-6)7(8)9/h3,5,7H,2,4H2,1H3,(H,10,11). The molecule has 1 aromatic heterocycles. The number of hydrogen-bond acceptors (Lipinski definition) is 2. The minimum Gasteiger partial charge on any atom is -0.369 e. The summed E-state index contributed by atoms with van der Waals surface area (Å²) in [5.41, 5.74) is 0. The van der Waals surface area contributed by atoms with Gasteiger partial charge in [-0.3, -0.25) is 0 Å². The summed E-state index contributed by atoms with van der Waals surface area (Å²) < 4.78 is 24.6. The largest absolute Gasteiger partial charge is 0.369 e. The van der Waals surface area contributed by atoms with E-state index in [9.17, 15) is 8.78 Å². The number of rotatable bonds is 4. The van der Waals surface area contributed by atoms with Crippen LogP contribution in [0.25, 0.3) is 0 Å². The first-order valence-electron chi connectivity index (χ1n) is 3.81. The maximum absolute atomic E-state index is 12.0. The number of nitrogens with zero attached hydrogens (tertiary/aromatic N) is 2. The molecule has 0 bridgehead atoms. The van der Waals surface area contributed by atoms with Gasteiger partial charge in [-0.15, -0.1) is 0 Å². The van der Waals surface area contributed by atoms with Crippen molar-refractivity contribution in [3.05, 3.63) is 12.3 Å². The fourth-order valence-electron chi connectivity index (χ4n) is 0.794. The molecule has 0 amide bonds. The Morgan fingerprint density at radius 2 is 2.42 bits per heavy atom. The molecule has 0 spiro atoms. The van der Waals surface area contributed by atoms with Crippen molar-refractivity contribution in [3.63, 3.8) is 0 Å². The van der Waals surface area contributed by atoms with Gasteiger partial charge in [0.1, 0.15) is 5.82 Å². The van der Waals surface area contributed by atoms with Gasteiger partial charge in [0.05, 0.1) is 0 Å². The van der Waals surface area contributed by atoms with E-state index in [1.807, 2.05) is 6.92 Å². The van der Waals surface area contributed by atoms with Crippen molar-refractivity contribution in [2.24, 2.45) is 0 Å². The van der Waals surface area contributed by atoms with Gasteiger partial charge in [0.15, 0.2) is 0 Å². The molecule has 0 aliphatic rings. The third-order valence-electron chi connectivity index (χ3n) is 1.36. The van der Waals surface area contributed by atoms with E-state index in [1.165, 1.54) is 12.3 Å². The molecule has 0 aliphatic carbocycles. The van der Waals surface area contributed by atoms with Crippen molar-refractivity contribution in [1.29, 1.82) is 0 Å². The molecule has 1 aromatic rings. The van der Waals surface area contributed by atoms with Crippen LogP contribution in [0.15, 0.2) is 12.3 Å². The van der Waals surface area contributed by atoms with Crippen LogP contribution in [0.4, 0.5) is 14.6 Å². The van der Waals surface area contributed by atoms with Crippen molar-refractivity contribution in [3.8, 4) is 0 Å². The molecule has 0 radical (unpaired) electrons. The first kappa shape index (κ1) is 8.96. The molecule has 0 aromatic carbocycles. The molecule has 0 saturated heterocycles. The second-order valence-corrected chi connectivity index (χ2v) is 2.39. The van der Waals surface area contributed by atoms with E-state index >= 15 is 0 Å². The van der Waals surface area contributed by atoms with Gasteiger partial charge in [-0.1, -0.05) is 6.92 Å². The number of hydrogen-bond donors (Lipinski definition) is 1. The molecular formula is C7H11F2N3. The smallest absolute Gasteiger partial charge is 0.333 e. The number of aromatic nitrogens is 2. The third kappa shape index (κ3) is 2.18. The van der Waals surface area contributed by atoms with Gasteiger partial charge in [-0.2, -0.15) is 13.9 Å². The summed E-state index contributed by atoms with van der Waals surface area (Å²) in [5, 5.41) is 6.51. The van der Waals surface area contributed by atoms with Gasteiger partial charge < -0.3 is 5.32 Å². The summed E-state index contributed by atoms with van der Waals surface area (Å²) in [4.78, 5) is 0. The summed E-state index contributed by atoms with van der Waals surface area (Å²) in [6.07, 6.45) is 2.20. The summed E-state index contributed by atoms with van der Waals surface area (Å²) >= 11 is 0. The van der Waals surface area contributed by atoms with Crippen LogP contribution < -0.4 is 5.32 Å². The van der Waals surface area contributed by atoms with Crippen molar-refractivity contribution < 1.29 is 8.78 Å². The highest BCUT2D eigenvalue weighted by Crippen LogP contribution is 2.10. The van der Waals surface area contributed by atoms with Crippen LogP contribution in [-0.2, 0) is 0 Å². The predicted octanol–water partition coefficient (Wildman–Crippen LogP) is 2.10. The molecule has 12 heavy (non-hydrogen) atoms. The minimum absolute atomic E-state index is 0.497. The van der Waals surface area contributed by atoms with Crippen molar-refractivity contribution in [2.75, 3.05) is 11.9 Å². The Kier molecular flexibility index (Phi) is 3.01. The Morgan fingerprint density at radius 3 is 2.92 bits per heavy atom. The van der Waals surface area contributed by atoms with E-state index in [0.29, 0.717) is 10.5 Å². The average molecular weight is 175 g/mol. The van der Waals surface area contributed by atoms with Crippen LogP contribution in [-0.4, -0.2) is 16.3 Å².